The Kier molecular flexibility index (Phi) is 4.02. The molecular formula is C16H20FN3O2. The van der Waals surface area contributed by atoms with E-state index < -0.39 is 6.09 Å². The van der Waals surface area contributed by atoms with E-state index in [-0.39, 0.29) is 18.5 Å². The number of carbonyl (C=O) groups excluding carboxylic acids is 1. The second-order valence-corrected chi connectivity index (χ2v) is 6.00. The van der Waals surface area contributed by atoms with Gasteiger partial charge < -0.3 is 19.9 Å². The van der Waals surface area contributed by atoms with E-state index in [1.54, 1.807) is 0 Å². The molecule has 1 aliphatic rings. The van der Waals surface area contributed by atoms with Gasteiger partial charge in [-0.05, 0) is 50.2 Å². The van der Waals surface area contributed by atoms with Gasteiger partial charge in [0.25, 0.3) is 0 Å². The largest absolute Gasteiger partial charge is 0.447 e. The number of cyclic esters (lactones) is 1. The number of fused-ring (bicyclic) bond motifs is 1. The molecule has 5 nitrogen and oxygen atoms in total. The summed E-state index contributed by atoms with van der Waals surface area (Å²) < 4.78 is 19.1. The zero-order valence-electron chi connectivity index (χ0n) is 12.8. The van der Waals surface area contributed by atoms with Crippen molar-refractivity contribution in [2.24, 2.45) is 0 Å². The second kappa shape index (κ2) is 5.96. The molecule has 0 unspecified atom stereocenters. The van der Waals surface area contributed by atoms with Gasteiger partial charge in [-0.2, -0.15) is 0 Å². The second-order valence-electron chi connectivity index (χ2n) is 6.00. The molecule has 0 radical (unpaired) electrons. The van der Waals surface area contributed by atoms with Crippen molar-refractivity contribution >= 4 is 17.0 Å². The van der Waals surface area contributed by atoms with Crippen LogP contribution >= 0.6 is 0 Å². The average molecular weight is 305 g/mol. The highest BCUT2D eigenvalue weighted by Crippen LogP contribution is 2.24. The van der Waals surface area contributed by atoms with Gasteiger partial charge in [-0.15, -0.1) is 0 Å². The van der Waals surface area contributed by atoms with Crippen LogP contribution in [0.1, 0.15) is 11.1 Å². The number of benzene rings is 1. The minimum Gasteiger partial charge on any atom is -0.447 e. The summed E-state index contributed by atoms with van der Waals surface area (Å²) in [4.78, 5) is 16.3. The predicted molar refractivity (Wildman–Crippen MR) is 82.5 cm³/mol. The van der Waals surface area contributed by atoms with Crippen molar-refractivity contribution in [3.8, 4) is 0 Å². The summed E-state index contributed by atoms with van der Waals surface area (Å²) in [6.07, 6.45) is 2.85. The standard InChI is InChI=1S/C16H20FN3O2/c1-20(2)4-3-10-8-18-15-7-14(17)11(6-13(10)15)5-12-9-22-16(21)19-12/h6-8,12,18H,3-5,9H2,1-2H3,(H,19,21)/t12-/m0/s1. The Morgan fingerprint density at radius 3 is 2.86 bits per heavy atom. The molecule has 2 N–H and O–H groups in total. The molecule has 1 saturated heterocycles. The van der Waals surface area contributed by atoms with Crippen LogP contribution in [0.3, 0.4) is 0 Å². The van der Waals surface area contributed by atoms with Gasteiger partial charge in [0, 0.05) is 23.6 Å². The Bertz CT molecular complexity index is 696. The monoisotopic (exact) mass is 305 g/mol. The molecule has 2 heterocycles. The van der Waals surface area contributed by atoms with Crippen LogP contribution in [0.15, 0.2) is 18.3 Å². The number of hydrogen-bond acceptors (Lipinski definition) is 3. The number of nitrogens with one attached hydrogen (secondary N) is 2. The van der Waals surface area contributed by atoms with Crippen molar-refractivity contribution in [2.75, 3.05) is 27.2 Å². The molecule has 1 aromatic heterocycles. The van der Waals surface area contributed by atoms with Gasteiger partial charge >= 0.3 is 6.09 Å². The van der Waals surface area contributed by atoms with Crippen LogP contribution in [0.25, 0.3) is 10.9 Å². The lowest BCUT2D eigenvalue weighted by molar-refractivity contribution is 0.177. The van der Waals surface area contributed by atoms with Crippen molar-refractivity contribution in [1.82, 2.24) is 15.2 Å². The zero-order chi connectivity index (χ0) is 15.7. The fourth-order valence-electron chi connectivity index (χ4n) is 2.75. The third-order valence-electron chi connectivity index (χ3n) is 3.97. The fraction of sp³-hybridized carbons (Fsp3) is 0.438. The first-order valence-electron chi connectivity index (χ1n) is 7.39. The molecule has 1 aliphatic heterocycles. The van der Waals surface area contributed by atoms with E-state index in [1.165, 1.54) is 11.6 Å². The molecule has 1 fully saturated rings. The van der Waals surface area contributed by atoms with Crippen molar-refractivity contribution < 1.29 is 13.9 Å². The average Bonchev–Trinajstić information content (AvgIpc) is 3.03. The molecule has 22 heavy (non-hydrogen) atoms. The Hall–Kier alpha value is -2.08. The van der Waals surface area contributed by atoms with Crippen LogP contribution < -0.4 is 5.32 Å². The normalized spacial score (nSPS) is 18.0. The van der Waals surface area contributed by atoms with E-state index in [1.807, 2.05) is 26.4 Å². The number of aromatic nitrogens is 1. The number of hydrogen-bond donors (Lipinski definition) is 2. The fourth-order valence-corrected chi connectivity index (χ4v) is 2.75. The van der Waals surface area contributed by atoms with Crippen LogP contribution in [0.5, 0.6) is 0 Å². The molecule has 1 amide bonds. The van der Waals surface area contributed by atoms with E-state index in [2.05, 4.69) is 15.2 Å². The Balaban J connectivity index is 1.85. The first kappa shape index (κ1) is 14.8. The third-order valence-corrected chi connectivity index (χ3v) is 3.97. The van der Waals surface area contributed by atoms with Crippen molar-refractivity contribution in [3.63, 3.8) is 0 Å². The lowest BCUT2D eigenvalue weighted by Crippen LogP contribution is -2.28. The number of aromatic amines is 1. The number of halogens is 1. The first-order valence-corrected chi connectivity index (χ1v) is 7.39. The highest BCUT2D eigenvalue weighted by molar-refractivity contribution is 5.84. The number of alkyl carbamates (subject to hydrolysis) is 1. The van der Waals surface area contributed by atoms with E-state index in [4.69, 9.17) is 4.74 Å². The summed E-state index contributed by atoms with van der Waals surface area (Å²) in [5, 5.41) is 3.73. The maximum absolute atomic E-state index is 14.2. The number of rotatable bonds is 5. The summed E-state index contributed by atoms with van der Waals surface area (Å²) in [6.45, 7) is 1.23. The highest BCUT2D eigenvalue weighted by atomic mass is 19.1. The van der Waals surface area contributed by atoms with Crippen LogP contribution in [-0.2, 0) is 17.6 Å². The minimum atomic E-state index is -0.431. The zero-order valence-corrected chi connectivity index (χ0v) is 12.8. The van der Waals surface area contributed by atoms with Gasteiger partial charge in [0.2, 0.25) is 0 Å². The molecule has 6 heteroatoms. The molecule has 118 valence electrons. The quantitative estimate of drug-likeness (QED) is 0.889. The lowest BCUT2D eigenvalue weighted by Gasteiger charge is -2.10. The Labute approximate surface area is 128 Å². The summed E-state index contributed by atoms with van der Waals surface area (Å²) in [6, 6.07) is 3.25. The van der Waals surface area contributed by atoms with Gasteiger partial charge in [-0.25, -0.2) is 9.18 Å². The van der Waals surface area contributed by atoms with E-state index >= 15 is 0 Å². The predicted octanol–water partition coefficient (Wildman–Crippen LogP) is 2.06. The first-order chi connectivity index (χ1) is 10.5. The van der Waals surface area contributed by atoms with Gasteiger partial charge in [-0.1, -0.05) is 0 Å². The SMILES string of the molecule is CN(C)CCc1c[nH]c2cc(F)c(C[C@H]3COC(=O)N3)cc12. The molecule has 0 saturated carbocycles. The number of ether oxygens (including phenoxy) is 1. The van der Waals surface area contributed by atoms with E-state index in [0.717, 1.165) is 23.9 Å². The number of amides is 1. The number of carbonyl (C=O) groups is 1. The molecule has 3 rings (SSSR count). The summed E-state index contributed by atoms with van der Waals surface area (Å²) in [7, 11) is 4.06. The maximum Gasteiger partial charge on any atom is 0.407 e. The summed E-state index contributed by atoms with van der Waals surface area (Å²) >= 11 is 0. The summed E-state index contributed by atoms with van der Waals surface area (Å²) in [5.41, 5.74) is 2.59. The smallest absolute Gasteiger partial charge is 0.407 e. The molecule has 2 aromatic rings. The van der Waals surface area contributed by atoms with Gasteiger partial charge in [-0.3, -0.25) is 0 Å². The number of likely N-dealkylation sites (N-methyl/N-ethyl adjacent to an activating group) is 1. The van der Waals surface area contributed by atoms with Gasteiger partial charge in [0.15, 0.2) is 0 Å². The third kappa shape index (κ3) is 3.06. The van der Waals surface area contributed by atoms with Gasteiger partial charge in [0.05, 0.1) is 6.04 Å². The number of nitrogens with zero attached hydrogens (tertiary/aromatic N) is 1. The minimum absolute atomic E-state index is 0.163. The van der Waals surface area contributed by atoms with Crippen LogP contribution in [0.2, 0.25) is 0 Å². The molecule has 0 aliphatic carbocycles. The van der Waals surface area contributed by atoms with Crippen LogP contribution in [0, 0.1) is 5.82 Å². The van der Waals surface area contributed by atoms with E-state index in [0.29, 0.717) is 12.0 Å². The highest BCUT2D eigenvalue weighted by Gasteiger charge is 2.23. The molecule has 1 aromatic carbocycles. The number of H-pyrrole nitrogens is 1. The van der Waals surface area contributed by atoms with Crippen molar-refractivity contribution in [2.45, 2.75) is 18.9 Å². The lowest BCUT2D eigenvalue weighted by atomic mass is 10.0. The van der Waals surface area contributed by atoms with Gasteiger partial charge in [0.1, 0.15) is 12.4 Å². The van der Waals surface area contributed by atoms with Crippen molar-refractivity contribution in [1.29, 1.82) is 0 Å². The van der Waals surface area contributed by atoms with Crippen LogP contribution in [0.4, 0.5) is 9.18 Å². The molecule has 0 bridgehead atoms. The van der Waals surface area contributed by atoms with Crippen molar-refractivity contribution in [3.05, 3.63) is 35.3 Å². The Morgan fingerprint density at radius 2 is 2.18 bits per heavy atom. The van der Waals surface area contributed by atoms with E-state index in [9.17, 15) is 9.18 Å². The Morgan fingerprint density at radius 1 is 1.36 bits per heavy atom. The maximum atomic E-state index is 14.2. The van der Waals surface area contributed by atoms with Crippen LogP contribution in [-0.4, -0.2) is 49.3 Å². The molecule has 1 atom stereocenters. The topological polar surface area (TPSA) is 57.4 Å². The summed E-state index contributed by atoms with van der Waals surface area (Å²) in [5.74, 6) is -0.255. The molecule has 0 spiro atoms. The molecular weight excluding hydrogens is 285 g/mol.